The van der Waals surface area contributed by atoms with Crippen LogP contribution in [0.25, 0.3) is 0 Å². The van der Waals surface area contributed by atoms with Gasteiger partial charge in [-0.2, -0.15) is 0 Å². The molecule has 1 aliphatic rings. The van der Waals surface area contributed by atoms with Gasteiger partial charge in [-0.05, 0) is 0 Å². The number of benzene rings is 2. The maximum atomic E-state index is 11.7. The zero-order chi connectivity index (χ0) is 12.6. The summed E-state index contributed by atoms with van der Waals surface area (Å²) in [5.41, 5.74) is 1.90. The first kappa shape index (κ1) is 10.9. The minimum atomic E-state index is -0.367. The van der Waals surface area contributed by atoms with Crippen molar-refractivity contribution in [3.63, 3.8) is 0 Å². The van der Waals surface area contributed by atoms with Crippen molar-refractivity contribution in [1.29, 1.82) is 0 Å². The van der Waals surface area contributed by atoms with Gasteiger partial charge in [-0.25, -0.2) is 4.79 Å². The second kappa shape index (κ2) is 3.91. The van der Waals surface area contributed by atoms with Gasteiger partial charge in [0, 0.05) is 11.1 Å². The van der Waals surface area contributed by atoms with E-state index in [1.807, 2.05) is 42.6 Å². The lowest BCUT2D eigenvalue weighted by molar-refractivity contribution is -0.422. The molecule has 0 aliphatic carbocycles. The van der Waals surface area contributed by atoms with Gasteiger partial charge in [-0.3, -0.25) is 0 Å². The Bertz CT molecular complexity index is 575. The average Bonchev–Trinajstić information content (AvgIpc) is 3.18. The van der Waals surface area contributed by atoms with E-state index < -0.39 is 0 Å². The molecule has 0 unspecified atom stereocenters. The van der Waals surface area contributed by atoms with E-state index in [1.165, 1.54) is 0 Å². The molecular formula is C16H14NO+. The molecule has 1 aliphatic heterocycles. The largest absolute Gasteiger partial charge is 0.385 e. The van der Waals surface area contributed by atoms with Gasteiger partial charge in [0.1, 0.15) is 0 Å². The van der Waals surface area contributed by atoms with Crippen molar-refractivity contribution in [3.05, 3.63) is 71.8 Å². The number of carbonyl (C=O) groups excluding carboxylic acids is 1. The summed E-state index contributed by atoms with van der Waals surface area (Å²) in [6, 6.07) is 20.2. The third kappa shape index (κ3) is 1.50. The molecule has 0 saturated carbocycles. The van der Waals surface area contributed by atoms with Gasteiger partial charge in [0.05, 0.1) is 6.92 Å². The molecule has 2 nitrogen and oxygen atoms in total. The Morgan fingerprint density at radius 2 is 1.33 bits per heavy atom. The molecule has 0 aromatic heterocycles. The van der Waals surface area contributed by atoms with Gasteiger partial charge >= 0.3 is 5.91 Å². The fraction of sp³-hybridized carbons (Fsp3) is 0.125. The fourth-order valence-corrected chi connectivity index (χ4v) is 2.48. The van der Waals surface area contributed by atoms with E-state index in [-0.39, 0.29) is 11.4 Å². The van der Waals surface area contributed by atoms with E-state index >= 15 is 0 Å². The predicted molar refractivity (Wildman–Crippen MR) is 70.7 cm³/mol. The number of hydrogen-bond donors (Lipinski definition) is 0. The van der Waals surface area contributed by atoms with Gasteiger partial charge in [0.25, 0.3) is 5.54 Å². The topological polar surface area (TPSA) is 20.1 Å². The highest BCUT2D eigenvalue weighted by Gasteiger charge is 2.61. The van der Waals surface area contributed by atoms with Crippen LogP contribution < -0.4 is 0 Å². The first-order chi connectivity index (χ1) is 8.75. The highest BCUT2D eigenvalue weighted by atomic mass is 16.2. The van der Waals surface area contributed by atoms with Gasteiger partial charge < -0.3 is 0 Å². The van der Waals surface area contributed by atoms with Crippen LogP contribution in [0.15, 0.2) is 60.7 Å². The highest BCUT2D eigenvalue weighted by molar-refractivity contribution is 5.90. The third-order valence-electron chi connectivity index (χ3n) is 3.40. The van der Waals surface area contributed by atoms with Crippen LogP contribution in [-0.2, 0) is 10.3 Å². The second-order valence-electron chi connectivity index (χ2n) is 4.52. The first-order valence-corrected chi connectivity index (χ1v) is 6.02. The molecule has 0 radical (unpaired) electrons. The summed E-state index contributed by atoms with van der Waals surface area (Å²) in [5, 5.41) is 0. The Morgan fingerprint density at radius 3 is 1.67 bits per heavy atom. The molecule has 0 N–H and O–H groups in total. The van der Waals surface area contributed by atoms with Gasteiger partial charge in [0.15, 0.2) is 0 Å². The van der Waals surface area contributed by atoms with Gasteiger partial charge in [-0.1, -0.05) is 60.7 Å². The molecule has 88 valence electrons. The Labute approximate surface area is 106 Å². The molecule has 3 rings (SSSR count). The van der Waals surface area contributed by atoms with Crippen molar-refractivity contribution in [2.24, 2.45) is 0 Å². The molecule has 1 amide bonds. The first-order valence-electron chi connectivity index (χ1n) is 6.02. The molecule has 18 heavy (non-hydrogen) atoms. The zero-order valence-corrected chi connectivity index (χ0v) is 10.2. The Morgan fingerprint density at radius 1 is 0.889 bits per heavy atom. The van der Waals surface area contributed by atoms with Crippen LogP contribution in [0, 0.1) is 0 Å². The van der Waals surface area contributed by atoms with E-state index in [0.29, 0.717) is 0 Å². The quantitative estimate of drug-likeness (QED) is 0.734. The number of amides is 1. The number of nitrogens with zero attached hydrogens (tertiary/aromatic N) is 1. The lowest BCUT2D eigenvalue weighted by Gasteiger charge is -2.10. The van der Waals surface area contributed by atoms with Crippen molar-refractivity contribution in [1.82, 2.24) is 0 Å². The molecule has 2 aromatic rings. The lowest BCUT2D eigenvalue weighted by Crippen LogP contribution is -2.24. The molecule has 0 saturated heterocycles. The molecule has 0 spiro atoms. The number of hydrogen-bond acceptors (Lipinski definition) is 1. The van der Waals surface area contributed by atoms with Crippen molar-refractivity contribution < 1.29 is 9.37 Å². The Balaban J connectivity index is 2.12. The second-order valence-corrected chi connectivity index (χ2v) is 4.52. The average molecular weight is 236 g/mol. The van der Waals surface area contributed by atoms with Gasteiger partial charge in [-0.15, -0.1) is 4.58 Å². The summed E-state index contributed by atoms with van der Waals surface area (Å²) < 4.78 is 1.79. The minimum absolute atomic E-state index is 0.0720. The molecule has 2 heteroatoms. The monoisotopic (exact) mass is 236 g/mol. The summed E-state index contributed by atoms with van der Waals surface area (Å²) in [5.74, 6) is 0.0720. The smallest absolute Gasteiger partial charge is 0.220 e. The zero-order valence-electron chi connectivity index (χ0n) is 10.2. The maximum absolute atomic E-state index is 11.7. The fourth-order valence-electron chi connectivity index (χ4n) is 2.48. The summed E-state index contributed by atoms with van der Waals surface area (Å²) in [4.78, 5) is 11.7. The van der Waals surface area contributed by atoms with Crippen LogP contribution >= 0.6 is 0 Å². The van der Waals surface area contributed by atoms with Crippen LogP contribution in [0.5, 0.6) is 0 Å². The SMILES string of the molecule is CC(=O)[N+]1=CC1(c1ccccc1)c1ccccc1. The van der Waals surface area contributed by atoms with Crippen LogP contribution in [0.1, 0.15) is 18.1 Å². The highest BCUT2D eigenvalue weighted by Crippen LogP contribution is 2.39. The van der Waals surface area contributed by atoms with Gasteiger partial charge in [0.2, 0.25) is 6.21 Å². The van der Waals surface area contributed by atoms with Crippen LogP contribution in [0.3, 0.4) is 0 Å². The summed E-state index contributed by atoms with van der Waals surface area (Å²) in [6.45, 7) is 1.60. The standard InChI is InChI=1S/C16H14NO/c1-13(18)17-12-16(17,14-8-4-2-5-9-14)15-10-6-3-7-11-15/h2-12H,1H3/q+1. The van der Waals surface area contributed by atoms with E-state index in [1.54, 1.807) is 11.5 Å². The third-order valence-corrected chi connectivity index (χ3v) is 3.40. The molecule has 0 bridgehead atoms. The van der Waals surface area contributed by atoms with Crippen LogP contribution in [0.4, 0.5) is 0 Å². The normalized spacial score (nSPS) is 15.9. The van der Waals surface area contributed by atoms with E-state index in [4.69, 9.17) is 0 Å². The Kier molecular flexibility index (Phi) is 2.37. The molecular weight excluding hydrogens is 222 g/mol. The number of carbonyl (C=O) groups is 1. The minimum Gasteiger partial charge on any atom is -0.220 e. The maximum Gasteiger partial charge on any atom is 0.385 e. The molecule has 2 aromatic carbocycles. The van der Waals surface area contributed by atoms with E-state index in [9.17, 15) is 4.79 Å². The van der Waals surface area contributed by atoms with Crippen LogP contribution in [-0.4, -0.2) is 16.7 Å². The van der Waals surface area contributed by atoms with Crippen LogP contribution in [0.2, 0.25) is 0 Å². The summed E-state index contributed by atoms with van der Waals surface area (Å²) >= 11 is 0. The van der Waals surface area contributed by atoms with E-state index in [2.05, 4.69) is 24.3 Å². The predicted octanol–water partition coefficient (Wildman–Crippen LogP) is 2.57. The Hall–Kier alpha value is -2.22. The van der Waals surface area contributed by atoms with Crippen molar-refractivity contribution in [3.8, 4) is 0 Å². The lowest BCUT2D eigenvalue weighted by atomic mass is 9.89. The van der Waals surface area contributed by atoms with Crippen molar-refractivity contribution in [2.45, 2.75) is 12.5 Å². The summed E-state index contributed by atoms with van der Waals surface area (Å²) in [6.07, 6.45) is 1.99. The number of rotatable bonds is 2. The summed E-state index contributed by atoms with van der Waals surface area (Å²) in [7, 11) is 0. The molecule has 1 heterocycles. The molecule has 0 atom stereocenters. The van der Waals surface area contributed by atoms with E-state index in [0.717, 1.165) is 11.1 Å². The molecule has 0 fully saturated rings. The van der Waals surface area contributed by atoms with Crippen molar-refractivity contribution >= 4 is 12.1 Å². The van der Waals surface area contributed by atoms with Crippen molar-refractivity contribution in [2.75, 3.05) is 0 Å².